The van der Waals surface area contributed by atoms with Gasteiger partial charge in [-0.25, -0.2) is 0 Å². The summed E-state index contributed by atoms with van der Waals surface area (Å²) in [5.41, 5.74) is 0.466. The molecule has 0 unspecified atom stereocenters. The minimum absolute atomic E-state index is 0.0450. The van der Waals surface area contributed by atoms with E-state index >= 15 is 0 Å². The van der Waals surface area contributed by atoms with E-state index in [1.807, 2.05) is 12.1 Å². The minimum Gasteiger partial charge on any atom is -0.352 e. The van der Waals surface area contributed by atoms with Crippen molar-refractivity contribution < 1.29 is 4.79 Å². The Hall–Kier alpha value is -1.95. The van der Waals surface area contributed by atoms with E-state index < -0.39 is 0 Å². The van der Waals surface area contributed by atoms with Crippen molar-refractivity contribution >= 4 is 29.0 Å². The number of carbonyl (C=O) groups excluding carboxylic acids is 1. The Labute approximate surface area is 146 Å². The molecule has 128 valence electrons. The smallest absolute Gasteiger partial charge is 0.262 e. The molecule has 1 saturated carbocycles. The van der Waals surface area contributed by atoms with Gasteiger partial charge < -0.3 is 10.3 Å². The monoisotopic (exact) mass is 345 g/mol. The Morgan fingerprint density at radius 3 is 2.88 bits per heavy atom. The van der Waals surface area contributed by atoms with Gasteiger partial charge in [-0.15, -0.1) is 0 Å². The minimum atomic E-state index is -0.227. The number of hydrogen-bond donors (Lipinski definition) is 2. The van der Waals surface area contributed by atoms with Gasteiger partial charge in [0.05, 0.1) is 10.9 Å². The Morgan fingerprint density at radius 2 is 2.08 bits per heavy atom. The molecule has 1 fully saturated rings. The number of aromatic amines is 1. The largest absolute Gasteiger partial charge is 0.352 e. The van der Waals surface area contributed by atoms with E-state index in [-0.39, 0.29) is 28.8 Å². The zero-order valence-corrected chi connectivity index (χ0v) is 14.9. The van der Waals surface area contributed by atoms with Gasteiger partial charge in [-0.2, -0.15) is 0 Å². The van der Waals surface area contributed by atoms with Crippen LogP contribution in [0.3, 0.4) is 0 Å². The Bertz CT molecular complexity index is 870. The maximum atomic E-state index is 12.6. The van der Waals surface area contributed by atoms with E-state index in [0.29, 0.717) is 22.7 Å². The van der Waals surface area contributed by atoms with Crippen LogP contribution in [0.15, 0.2) is 29.1 Å². The SMILES string of the molecule is C[C@H]1[C@H](C)CCC[C@H]1NC(=O)Cn1c(=S)[nH]c2ccccc2c1=O. The first-order valence-corrected chi connectivity index (χ1v) is 8.89. The van der Waals surface area contributed by atoms with Crippen molar-refractivity contribution in [3.05, 3.63) is 39.4 Å². The van der Waals surface area contributed by atoms with Crippen LogP contribution >= 0.6 is 12.2 Å². The number of nitrogens with one attached hydrogen (secondary N) is 2. The van der Waals surface area contributed by atoms with Gasteiger partial charge in [0, 0.05) is 6.04 Å². The van der Waals surface area contributed by atoms with Crippen LogP contribution in [0.1, 0.15) is 33.1 Å². The molecule has 0 radical (unpaired) electrons. The van der Waals surface area contributed by atoms with Crippen LogP contribution in [0.2, 0.25) is 0 Å². The van der Waals surface area contributed by atoms with Gasteiger partial charge in [0.1, 0.15) is 6.54 Å². The molecule has 1 aromatic heterocycles. The highest BCUT2D eigenvalue weighted by molar-refractivity contribution is 7.71. The molecule has 3 atom stereocenters. The van der Waals surface area contributed by atoms with Crippen LogP contribution in [0.25, 0.3) is 10.9 Å². The summed E-state index contributed by atoms with van der Waals surface area (Å²) in [4.78, 5) is 28.1. The van der Waals surface area contributed by atoms with E-state index in [9.17, 15) is 9.59 Å². The highest BCUT2D eigenvalue weighted by Crippen LogP contribution is 2.29. The van der Waals surface area contributed by atoms with Crippen molar-refractivity contribution in [1.29, 1.82) is 0 Å². The molecule has 1 aromatic carbocycles. The number of hydrogen-bond acceptors (Lipinski definition) is 3. The third-order valence-corrected chi connectivity index (χ3v) is 5.57. The number of amides is 1. The van der Waals surface area contributed by atoms with Crippen molar-refractivity contribution in [2.24, 2.45) is 11.8 Å². The zero-order valence-electron chi connectivity index (χ0n) is 14.0. The van der Waals surface area contributed by atoms with Crippen molar-refractivity contribution in [2.75, 3.05) is 0 Å². The maximum absolute atomic E-state index is 12.6. The van der Waals surface area contributed by atoms with Crippen LogP contribution in [-0.4, -0.2) is 21.5 Å². The number of H-pyrrole nitrogens is 1. The van der Waals surface area contributed by atoms with Gasteiger partial charge in [-0.05, 0) is 42.6 Å². The number of fused-ring (bicyclic) bond motifs is 1. The van der Waals surface area contributed by atoms with Crippen molar-refractivity contribution in [3.63, 3.8) is 0 Å². The average molecular weight is 345 g/mol. The molecule has 1 aliphatic carbocycles. The molecule has 0 spiro atoms. The fraction of sp³-hybridized carbons (Fsp3) is 0.500. The fourth-order valence-electron chi connectivity index (χ4n) is 3.52. The second kappa shape index (κ2) is 6.89. The van der Waals surface area contributed by atoms with Gasteiger partial charge in [-0.1, -0.05) is 38.8 Å². The molecule has 5 nitrogen and oxygen atoms in total. The Balaban J connectivity index is 1.81. The van der Waals surface area contributed by atoms with E-state index in [2.05, 4.69) is 24.1 Å². The molecule has 0 bridgehead atoms. The molecule has 1 aliphatic rings. The molecule has 1 amide bonds. The Morgan fingerprint density at radius 1 is 1.33 bits per heavy atom. The topological polar surface area (TPSA) is 66.9 Å². The maximum Gasteiger partial charge on any atom is 0.262 e. The van der Waals surface area contributed by atoms with Crippen molar-refractivity contribution in [3.8, 4) is 0 Å². The third-order valence-electron chi connectivity index (χ3n) is 5.24. The summed E-state index contributed by atoms with van der Waals surface area (Å²) in [6.07, 6.45) is 3.34. The first kappa shape index (κ1) is 16.9. The van der Waals surface area contributed by atoms with E-state index in [0.717, 1.165) is 12.8 Å². The molecule has 2 N–H and O–H groups in total. The quantitative estimate of drug-likeness (QED) is 0.841. The number of nitrogens with zero attached hydrogens (tertiary/aromatic N) is 1. The highest BCUT2D eigenvalue weighted by Gasteiger charge is 2.28. The van der Waals surface area contributed by atoms with Crippen LogP contribution < -0.4 is 10.9 Å². The summed E-state index contributed by atoms with van der Waals surface area (Å²) in [7, 11) is 0. The Kier molecular flexibility index (Phi) is 4.85. The summed E-state index contributed by atoms with van der Waals surface area (Å²) < 4.78 is 1.61. The van der Waals surface area contributed by atoms with Crippen LogP contribution in [0, 0.1) is 16.6 Å². The number of carbonyl (C=O) groups is 1. The predicted molar refractivity (Wildman–Crippen MR) is 97.5 cm³/mol. The van der Waals surface area contributed by atoms with Gasteiger partial charge in [-0.3, -0.25) is 14.2 Å². The number of aromatic nitrogens is 2. The summed E-state index contributed by atoms with van der Waals surface area (Å²) >= 11 is 5.26. The number of rotatable bonds is 3. The molecule has 24 heavy (non-hydrogen) atoms. The van der Waals surface area contributed by atoms with E-state index in [1.54, 1.807) is 12.1 Å². The zero-order chi connectivity index (χ0) is 17.3. The molecular weight excluding hydrogens is 322 g/mol. The standard InChI is InChI=1S/C18H23N3O2S/c1-11-6-5-9-14(12(11)2)19-16(22)10-21-17(23)13-7-3-4-8-15(13)20-18(21)24/h3-4,7-8,11-12,14H,5-6,9-10H2,1-2H3,(H,19,22)(H,20,24)/t11-,12+,14-/m1/s1. The summed E-state index contributed by atoms with van der Waals surface area (Å²) in [5, 5.41) is 3.63. The van der Waals surface area contributed by atoms with Gasteiger partial charge in [0.2, 0.25) is 5.91 Å². The van der Waals surface area contributed by atoms with Crippen LogP contribution in [-0.2, 0) is 11.3 Å². The second-order valence-electron chi connectivity index (χ2n) is 6.81. The summed E-state index contributed by atoms with van der Waals surface area (Å²) in [5.74, 6) is 0.902. The van der Waals surface area contributed by atoms with Gasteiger partial charge in [0.15, 0.2) is 4.77 Å². The van der Waals surface area contributed by atoms with Gasteiger partial charge >= 0.3 is 0 Å². The van der Waals surface area contributed by atoms with Crippen LogP contribution in [0.4, 0.5) is 0 Å². The molecule has 6 heteroatoms. The highest BCUT2D eigenvalue weighted by atomic mass is 32.1. The molecule has 0 aliphatic heterocycles. The van der Waals surface area contributed by atoms with Gasteiger partial charge in [0.25, 0.3) is 5.56 Å². The molecular formula is C18H23N3O2S. The lowest BCUT2D eigenvalue weighted by molar-refractivity contribution is -0.123. The summed E-state index contributed by atoms with van der Waals surface area (Å²) in [6.45, 7) is 4.37. The molecule has 0 saturated heterocycles. The molecule has 2 aromatic rings. The molecule has 1 heterocycles. The molecule has 3 rings (SSSR count). The van der Waals surface area contributed by atoms with E-state index in [4.69, 9.17) is 12.2 Å². The first-order chi connectivity index (χ1) is 11.5. The lowest BCUT2D eigenvalue weighted by atomic mass is 9.78. The van der Waals surface area contributed by atoms with Crippen molar-refractivity contribution in [2.45, 2.75) is 45.7 Å². The fourth-order valence-corrected chi connectivity index (χ4v) is 3.78. The lowest BCUT2D eigenvalue weighted by Gasteiger charge is -2.34. The van der Waals surface area contributed by atoms with Crippen LogP contribution in [0.5, 0.6) is 0 Å². The number of benzene rings is 1. The predicted octanol–water partition coefficient (Wildman–Crippen LogP) is 3.00. The van der Waals surface area contributed by atoms with E-state index in [1.165, 1.54) is 11.0 Å². The first-order valence-electron chi connectivity index (χ1n) is 8.48. The average Bonchev–Trinajstić information content (AvgIpc) is 2.56. The third kappa shape index (κ3) is 3.29. The number of para-hydroxylation sites is 1. The lowest BCUT2D eigenvalue weighted by Crippen LogP contribution is -2.45. The normalized spacial score (nSPS) is 24.0. The summed E-state index contributed by atoms with van der Waals surface area (Å²) in [6, 6.07) is 7.37. The second-order valence-corrected chi connectivity index (χ2v) is 7.20. The van der Waals surface area contributed by atoms with Crippen molar-refractivity contribution in [1.82, 2.24) is 14.9 Å².